The Morgan fingerprint density at radius 1 is 1.36 bits per heavy atom. The van der Waals surface area contributed by atoms with Gasteiger partial charge in [-0.15, -0.1) is 0 Å². The first-order valence-corrected chi connectivity index (χ1v) is 8.22. The van der Waals surface area contributed by atoms with Crippen molar-refractivity contribution >= 4 is 17.5 Å². The summed E-state index contributed by atoms with van der Waals surface area (Å²) in [5, 5.41) is 9.34. The highest BCUT2D eigenvalue weighted by molar-refractivity contribution is 5.81. The molecular weight excluding hydrogens is 278 g/mol. The Hall–Kier alpha value is -1.91. The number of piperidine rings is 1. The molecule has 1 fully saturated rings. The van der Waals surface area contributed by atoms with Gasteiger partial charge >= 0.3 is 6.09 Å². The molecule has 1 saturated heterocycles. The van der Waals surface area contributed by atoms with Gasteiger partial charge in [0.15, 0.2) is 0 Å². The Labute approximate surface area is 131 Å². The number of hydrogen-bond acceptors (Lipinski definition) is 3. The number of para-hydroxylation sites is 1. The van der Waals surface area contributed by atoms with Crippen LogP contribution in [-0.4, -0.2) is 54.9 Å². The van der Waals surface area contributed by atoms with E-state index >= 15 is 0 Å². The van der Waals surface area contributed by atoms with Crippen molar-refractivity contribution in [1.29, 1.82) is 0 Å². The van der Waals surface area contributed by atoms with Gasteiger partial charge in [-0.3, -0.25) is 0 Å². The van der Waals surface area contributed by atoms with Gasteiger partial charge in [-0.25, -0.2) is 4.79 Å². The standard InChI is InChI=1S/C17H23N3O2/c1-3-11-9-18(2)15-6-4-5-12-13-10-19(17(21)22)8-7-14(13)20(11)16(12)15/h4-6,11,13-14H,3,7-10H2,1-2H3,(H,21,22)/t11?,13-,14-/m0/s1. The summed E-state index contributed by atoms with van der Waals surface area (Å²) in [6, 6.07) is 7.52. The highest BCUT2D eigenvalue weighted by atomic mass is 16.4. The normalized spacial score (nSPS) is 29.4. The molecule has 3 aliphatic rings. The highest BCUT2D eigenvalue weighted by Gasteiger charge is 2.47. The Bertz CT molecular complexity index is 618. The van der Waals surface area contributed by atoms with E-state index in [4.69, 9.17) is 0 Å². The van der Waals surface area contributed by atoms with Gasteiger partial charge < -0.3 is 19.8 Å². The van der Waals surface area contributed by atoms with Crippen molar-refractivity contribution in [3.63, 3.8) is 0 Å². The molecule has 22 heavy (non-hydrogen) atoms. The maximum absolute atomic E-state index is 11.4. The maximum Gasteiger partial charge on any atom is 0.407 e. The number of hydrogen-bond donors (Lipinski definition) is 1. The van der Waals surface area contributed by atoms with Crippen molar-refractivity contribution in [2.75, 3.05) is 36.5 Å². The molecule has 0 bridgehead atoms. The summed E-state index contributed by atoms with van der Waals surface area (Å²) in [7, 11) is 2.17. The van der Waals surface area contributed by atoms with Crippen LogP contribution >= 0.6 is 0 Å². The first-order chi connectivity index (χ1) is 10.6. The largest absolute Gasteiger partial charge is 0.465 e. The fourth-order valence-corrected chi connectivity index (χ4v) is 4.64. The van der Waals surface area contributed by atoms with E-state index in [0.29, 0.717) is 31.1 Å². The summed E-state index contributed by atoms with van der Waals surface area (Å²) in [5.74, 6) is 0.320. The number of fused-ring (bicyclic) bond motifs is 3. The van der Waals surface area contributed by atoms with Crippen LogP contribution in [-0.2, 0) is 0 Å². The smallest absolute Gasteiger partial charge is 0.407 e. The topological polar surface area (TPSA) is 47.0 Å². The molecular formula is C17H23N3O2. The number of carboxylic acid groups (broad SMARTS) is 1. The zero-order valence-corrected chi connectivity index (χ0v) is 13.2. The quantitative estimate of drug-likeness (QED) is 0.866. The van der Waals surface area contributed by atoms with E-state index < -0.39 is 6.09 Å². The molecule has 1 unspecified atom stereocenters. The predicted molar refractivity (Wildman–Crippen MR) is 87.0 cm³/mol. The fourth-order valence-electron chi connectivity index (χ4n) is 4.64. The maximum atomic E-state index is 11.4. The summed E-state index contributed by atoms with van der Waals surface area (Å²) in [6.45, 7) is 4.60. The van der Waals surface area contributed by atoms with Crippen molar-refractivity contribution in [1.82, 2.24) is 4.90 Å². The number of benzene rings is 1. The van der Waals surface area contributed by atoms with E-state index in [1.807, 2.05) is 0 Å². The molecule has 3 atom stereocenters. The molecule has 0 aliphatic carbocycles. The minimum atomic E-state index is -0.784. The van der Waals surface area contributed by atoms with E-state index in [1.165, 1.54) is 16.9 Å². The lowest BCUT2D eigenvalue weighted by molar-refractivity contribution is 0.126. The Morgan fingerprint density at radius 2 is 2.18 bits per heavy atom. The average molecular weight is 301 g/mol. The van der Waals surface area contributed by atoms with Crippen LogP contribution in [0, 0.1) is 0 Å². The molecule has 1 amide bonds. The summed E-state index contributed by atoms with van der Waals surface area (Å²) < 4.78 is 0. The summed E-state index contributed by atoms with van der Waals surface area (Å²) in [6.07, 6.45) is 1.28. The Kier molecular flexibility index (Phi) is 2.99. The number of carbonyl (C=O) groups is 1. The van der Waals surface area contributed by atoms with Crippen LogP contribution in [0.5, 0.6) is 0 Å². The molecule has 5 heteroatoms. The predicted octanol–water partition coefficient (Wildman–Crippen LogP) is 2.57. The first-order valence-electron chi connectivity index (χ1n) is 8.22. The zero-order valence-electron chi connectivity index (χ0n) is 13.2. The van der Waals surface area contributed by atoms with Gasteiger partial charge in [-0.1, -0.05) is 19.1 Å². The minimum Gasteiger partial charge on any atom is -0.465 e. The molecule has 0 spiro atoms. The van der Waals surface area contributed by atoms with Gasteiger partial charge in [0.1, 0.15) is 0 Å². The van der Waals surface area contributed by atoms with E-state index in [0.717, 1.165) is 19.4 Å². The van der Waals surface area contributed by atoms with Gasteiger partial charge in [-0.2, -0.15) is 0 Å². The summed E-state index contributed by atoms with van der Waals surface area (Å²) in [4.78, 5) is 17.9. The molecule has 5 nitrogen and oxygen atoms in total. The van der Waals surface area contributed by atoms with Crippen LogP contribution in [0.25, 0.3) is 0 Å². The lowest BCUT2D eigenvalue weighted by Gasteiger charge is -2.46. The number of anilines is 2. The molecule has 1 aromatic carbocycles. The van der Waals surface area contributed by atoms with Crippen molar-refractivity contribution in [2.24, 2.45) is 0 Å². The van der Waals surface area contributed by atoms with Crippen LogP contribution in [0.4, 0.5) is 16.2 Å². The number of nitrogens with zero attached hydrogens (tertiary/aromatic N) is 3. The van der Waals surface area contributed by atoms with E-state index in [-0.39, 0.29) is 0 Å². The lowest BCUT2D eigenvalue weighted by atomic mass is 9.89. The van der Waals surface area contributed by atoms with E-state index in [9.17, 15) is 9.90 Å². The molecule has 4 rings (SSSR count). The van der Waals surface area contributed by atoms with E-state index in [2.05, 4.69) is 42.0 Å². The molecule has 0 radical (unpaired) electrons. The molecule has 1 aromatic rings. The van der Waals surface area contributed by atoms with Crippen LogP contribution < -0.4 is 9.80 Å². The third-order valence-electron chi connectivity index (χ3n) is 5.67. The average Bonchev–Trinajstić information content (AvgIpc) is 2.86. The molecule has 1 N–H and O–H groups in total. The van der Waals surface area contributed by atoms with Crippen molar-refractivity contribution < 1.29 is 9.90 Å². The number of likely N-dealkylation sites (N-methyl/N-ethyl adjacent to an activating group) is 1. The van der Waals surface area contributed by atoms with Crippen LogP contribution in [0.2, 0.25) is 0 Å². The second-order valence-corrected chi connectivity index (χ2v) is 6.76. The van der Waals surface area contributed by atoms with Gasteiger partial charge in [0.05, 0.1) is 11.4 Å². The molecule has 0 saturated carbocycles. The first kappa shape index (κ1) is 13.7. The lowest BCUT2D eigenvalue weighted by Crippen LogP contribution is -2.54. The zero-order chi connectivity index (χ0) is 15.4. The minimum absolute atomic E-state index is 0.320. The van der Waals surface area contributed by atoms with Crippen LogP contribution in [0.15, 0.2) is 18.2 Å². The third-order valence-corrected chi connectivity index (χ3v) is 5.67. The van der Waals surface area contributed by atoms with Crippen LogP contribution in [0.1, 0.15) is 31.2 Å². The van der Waals surface area contributed by atoms with Gasteiger partial charge in [-0.05, 0) is 24.5 Å². The second kappa shape index (κ2) is 4.80. The third kappa shape index (κ3) is 1.74. The Morgan fingerprint density at radius 3 is 2.91 bits per heavy atom. The number of amides is 1. The van der Waals surface area contributed by atoms with Crippen molar-refractivity contribution in [2.45, 2.75) is 37.8 Å². The number of rotatable bonds is 1. The summed E-state index contributed by atoms with van der Waals surface area (Å²) >= 11 is 0. The second-order valence-electron chi connectivity index (χ2n) is 6.76. The van der Waals surface area contributed by atoms with Gasteiger partial charge in [0, 0.05) is 44.7 Å². The molecule has 118 valence electrons. The number of likely N-dealkylation sites (tertiary alicyclic amines) is 1. The SMILES string of the molecule is CCC1CN(C)c2cccc3c2N1[C@H]1CCN(C(=O)O)C[C@@H]31. The monoisotopic (exact) mass is 301 g/mol. The molecule has 3 heterocycles. The van der Waals surface area contributed by atoms with Crippen molar-refractivity contribution in [3.05, 3.63) is 23.8 Å². The molecule has 0 aromatic heterocycles. The summed E-state index contributed by atoms with van der Waals surface area (Å²) in [5.41, 5.74) is 4.02. The molecule has 3 aliphatic heterocycles. The van der Waals surface area contributed by atoms with Gasteiger partial charge in [0.25, 0.3) is 0 Å². The van der Waals surface area contributed by atoms with Gasteiger partial charge in [0.2, 0.25) is 0 Å². The van der Waals surface area contributed by atoms with Crippen molar-refractivity contribution in [3.8, 4) is 0 Å². The highest BCUT2D eigenvalue weighted by Crippen LogP contribution is 2.52. The van der Waals surface area contributed by atoms with Crippen LogP contribution in [0.3, 0.4) is 0 Å². The fraction of sp³-hybridized carbons (Fsp3) is 0.588. The Balaban J connectivity index is 1.80. The van der Waals surface area contributed by atoms with E-state index in [1.54, 1.807) is 4.90 Å².